The fourth-order valence-electron chi connectivity index (χ4n) is 3.35. The first-order valence-electron chi connectivity index (χ1n) is 8.19. The number of nitrogens with zero attached hydrogens (tertiary/aromatic N) is 1. The number of nitrogens with one attached hydrogen (secondary N) is 1. The van der Waals surface area contributed by atoms with Gasteiger partial charge in [0.15, 0.2) is 0 Å². The number of hydrogen-bond acceptors (Lipinski definition) is 3. The number of carboxylic acids is 1. The summed E-state index contributed by atoms with van der Waals surface area (Å²) in [7, 11) is 2.17. The van der Waals surface area contributed by atoms with Gasteiger partial charge in [0.05, 0.1) is 0 Å². The molecule has 1 unspecified atom stereocenters. The SMILES string of the molecule is CN(CCCC(C)(NC1CC1)C(=O)O)CC1CCCC1. The van der Waals surface area contributed by atoms with Crippen molar-refractivity contribution in [1.82, 2.24) is 10.2 Å². The molecule has 2 rings (SSSR count). The van der Waals surface area contributed by atoms with Gasteiger partial charge in [-0.1, -0.05) is 12.8 Å². The molecule has 0 aromatic rings. The fourth-order valence-corrected chi connectivity index (χ4v) is 3.35. The van der Waals surface area contributed by atoms with Crippen molar-refractivity contribution in [2.45, 2.75) is 69.9 Å². The predicted octanol–water partition coefficient (Wildman–Crippen LogP) is 2.48. The Bertz CT molecular complexity index is 324. The number of rotatable bonds is 9. The molecular formula is C16H30N2O2. The summed E-state index contributed by atoms with van der Waals surface area (Å²) in [6, 6.07) is 0.437. The van der Waals surface area contributed by atoms with Gasteiger partial charge in [-0.05, 0) is 65.0 Å². The molecule has 2 saturated carbocycles. The van der Waals surface area contributed by atoms with E-state index < -0.39 is 11.5 Å². The standard InChI is InChI=1S/C16H30N2O2/c1-16(15(19)20,17-14-8-9-14)10-5-11-18(2)12-13-6-3-4-7-13/h13-14,17H,3-12H2,1-2H3,(H,19,20). The summed E-state index contributed by atoms with van der Waals surface area (Å²) in [5.41, 5.74) is -0.741. The molecule has 2 aliphatic carbocycles. The Morgan fingerprint density at radius 2 is 1.95 bits per heavy atom. The van der Waals surface area contributed by atoms with Crippen LogP contribution in [0.3, 0.4) is 0 Å². The van der Waals surface area contributed by atoms with Crippen LogP contribution in [0.5, 0.6) is 0 Å². The molecule has 4 heteroatoms. The maximum Gasteiger partial charge on any atom is 0.323 e. The third kappa shape index (κ3) is 4.74. The van der Waals surface area contributed by atoms with E-state index in [9.17, 15) is 9.90 Å². The minimum Gasteiger partial charge on any atom is -0.480 e. The van der Waals surface area contributed by atoms with Gasteiger partial charge in [-0.2, -0.15) is 0 Å². The Morgan fingerprint density at radius 1 is 1.30 bits per heavy atom. The summed E-state index contributed by atoms with van der Waals surface area (Å²) in [6.07, 6.45) is 9.46. The minimum absolute atomic E-state index is 0.437. The van der Waals surface area contributed by atoms with Crippen molar-refractivity contribution in [1.29, 1.82) is 0 Å². The molecule has 1 atom stereocenters. The topological polar surface area (TPSA) is 52.6 Å². The van der Waals surface area contributed by atoms with E-state index in [1.54, 1.807) is 0 Å². The van der Waals surface area contributed by atoms with Gasteiger partial charge >= 0.3 is 5.97 Å². The van der Waals surface area contributed by atoms with Gasteiger partial charge in [0.25, 0.3) is 0 Å². The zero-order valence-corrected chi connectivity index (χ0v) is 13.0. The van der Waals surface area contributed by atoms with Gasteiger partial charge in [0, 0.05) is 12.6 Å². The van der Waals surface area contributed by atoms with E-state index in [-0.39, 0.29) is 0 Å². The van der Waals surface area contributed by atoms with Crippen LogP contribution in [0.4, 0.5) is 0 Å². The quantitative estimate of drug-likeness (QED) is 0.682. The third-order valence-electron chi connectivity index (χ3n) is 4.83. The smallest absolute Gasteiger partial charge is 0.323 e. The van der Waals surface area contributed by atoms with E-state index in [0.717, 1.165) is 31.7 Å². The first-order chi connectivity index (χ1) is 9.49. The van der Waals surface area contributed by atoms with Gasteiger partial charge in [0.2, 0.25) is 0 Å². The average Bonchev–Trinajstić information content (AvgIpc) is 3.03. The van der Waals surface area contributed by atoms with Crippen molar-refractivity contribution in [3.05, 3.63) is 0 Å². The summed E-state index contributed by atoms with van der Waals surface area (Å²) >= 11 is 0. The molecule has 2 aliphatic rings. The Morgan fingerprint density at radius 3 is 2.50 bits per heavy atom. The van der Waals surface area contributed by atoms with E-state index in [1.165, 1.54) is 32.2 Å². The molecular weight excluding hydrogens is 252 g/mol. The van der Waals surface area contributed by atoms with Crippen molar-refractivity contribution >= 4 is 5.97 Å². The Kier molecular flexibility index (Phi) is 5.44. The Labute approximate surface area is 122 Å². The van der Waals surface area contributed by atoms with Crippen molar-refractivity contribution in [3.8, 4) is 0 Å². The maximum absolute atomic E-state index is 11.5. The highest BCUT2D eigenvalue weighted by atomic mass is 16.4. The molecule has 0 aromatic heterocycles. The molecule has 116 valence electrons. The molecule has 0 radical (unpaired) electrons. The van der Waals surface area contributed by atoms with Crippen LogP contribution in [0.2, 0.25) is 0 Å². The number of carboxylic acid groups (broad SMARTS) is 1. The average molecular weight is 282 g/mol. The van der Waals surface area contributed by atoms with Crippen LogP contribution in [-0.2, 0) is 4.79 Å². The normalized spacial score (nSPS) is 23.1. The summed E-state index contributed by atoms with van der Waals surface area (Å²) < 4.78 is 0. The van der Waals surface area contributed by atoms with Crippen LogP contribution >= 0.6 is 0 Å². The number of hydrogen-bond donors (Lipinski definition) is 2. The maximum atomic E-state index is 11.5. The monoisotopic (exact) mass is 282 g/mol. The Balaban J connectivity index is 1.67. The summed E-state index contributed by atoms with van der Waals surface area (Å²) in [6.45, 7) is 4.02. The lowest BCUT2D eigenvalue weighted by molar-refractivity contribution is -0.144. The van der Waals surface area contributed by atoms with Gasteiger partial charge in [-0.3, -0.25) is 10.1 Å². The lowest BCUT2D eigenvalue weighted by Gasteiger charge is -2.28. The van der Waals surface area contributed by atoms with E-state index in [1.807, 2.05) is 6.92 Å². The fraction of sp³-hybridized carbons (Fsp3) is 0.938. The molecule has 0 heterocycles. The highest BCUT2D eigenvalue weighted by Crippen LogP contribution is 2.26. The Hall–Kier alpha value is -0.610. The first-order valence-corrected chi connectivity index (χ1v) is 8.19. The molecule has 2 fully saturated rings. The van der Waals surface area contributed by atoms with E-state index in [0.29, 0.717) is 12.5 Å². The van der Waals surface area contributed by atoms with Crippen LogP contribution < -0.4 is 5.32 Å². The minimum atomic E-state index is -0.741. The largest absolute Gasteiger partial charge is 0.480 e. The molecule has 0 bridgehead atoms. The number of carbonyl (C=O) groups is 1. The van der Waals surface area contributed by atoms with Crippen LogP contribution in [0, 0.1) is 5.92 Å². The van der Waals surface area contributed by atoms with Gasteiger partial charge < -0.3 is 10.0 Å². The van der Waals surface area contributed by atoms with Crippen LogP contribution in [-0.4, -0.2) is 47.7 Å². The molecule has 20 heavy (non-hydrogen) atoms. The zero-order valence-electron chi connectivity index (χ0n) is 13.0. The van der Waals surface area contributed by atoms with E-state index >= 15 is 0 Å². The molecule has 0 amide bonds. The predicted molar refractivity (Wildman–Crippen MR) is 80.9 cm³/mol. The second-order valence-corrected chi connectivity index (χ2v) is 7.07. The highest BCUT2D eigenvalue weighted by Gasteiger charge is 2.37. The van der Waals surface area contributed by atoms with Crippen LogP contribution in [0.15, 0.2) is 0 Å². The van der Waals surface area contributed by atoms with Crippen LogP contribution in [0.1, 0.15) is 58.3 Å². The molecule has 0 saturated heterocycles. The highest BCUT2D eigenvalue weighted by molar-refractivity contribution is 5.78. The molecule has 0 spiro atoms. The van der Waals surface area contributed by atoms with Gasteiger partial charge in [-0.25, -0.2) is 0 Å². The second-order valence-electron chi connectivity index (χ2n) is 7.07. The van der Waals surface area contributed by atoms with Crippen LogP contribution in [0.25, 0.3) is 0 Å². The van der Waals surface area contributed by atoms with E-state index in [4.69, 9.17) is 0 Å². The summed E-state index contributed by atoms with van der Waals surface area (Å²) in [5, 5.41) is 12.7. The third-order valence-corrected chi connectivity index (χ3v) is 4.83. The lowest BCUT2D eigenvalue weighted by atomic mass is 9.95. The van der Waals surface area contributed by atoms with Gasteiger partial charge in [-0.15, -0.1) is 0 Å². The number of aliphatic carboxylic acids is 1. The van der Waals surface area contributed by atoms with Crippen molar-refractivity contribution < 1.29 is 9.90 Å². The van der Waals surface area contributed by atoms with Gasteiger partial charge in [0.1, 0.15) is 5.54 Å². The van der Waals surface area contributed by atoms with Crippen molar-refractivity contribution in [2.24, 2.45) is 5.92 Å². The molecule has 4 nitrogen and oxygen atoms in total. The molecule has 2 N–H and O–H groups in total. The molecule has 0 aliphatic heterocycles. The molecule has 0 aromatic carbocycles. The van der Waals surface area contributed by atoms with Crippen molar-refractivity contribution in [2.75, 3.05) is 20.1 Å². The summed E-state index contributed by atoms with van der Waals surface area (Å²) in [4.78, 5) is 13.8. The first kappa shape index (κ1) is 15.8. The van der Waals surface area contributed by atoms with Crippen molar-refractivity contribution in [3.63, 3.8) is 0 Å². The zero-order chi connectivity index (χ0) is 14.6. The lowest BCUT2D eigenvalue weighted by Crippen LogP contribution is -2.50. The summed E-state index contributed by atoms with van der Waals surface area (Å²) in [5.74, 6) is 0.165. The second kappa shape index (κ2) is 6.90. The van der Waals surface area contributed by atoms with E-state index in [2.05, 4.69) is 17.3 Å².